The van der Waals surface area contributed by atoms with Crippen LogP contribution in [-0.4, -0.2) is 24.0 Å². The van der Waals surface area contributed by atoms with Crippen LogP contribution < -0.4 is 5.32 Å². The first-order valence-electron chi connectivity index (χ1n) is 5.71. The van der Waals surface area contributed by atoms with E-state index in [1.807, 2.05) is 0 Å². The Labute approximate surface area is 120 Å². The van der Waals surface area contributed by atoms with E-state index < -0.39 is 5.97 Å². The van der Waals surface area contributed by atoms with E-state index in [2.05, 4.69) is 15.0 Å². The van der Waals surface area contributed by atoms with Crippen molar-refractivity contribution in [3.8, 4) is 0 Å². The molecule has 0 aliphatic heterocycles. The minimum atomic E-state index is -0.465. The Morgan fingerprint density at radius 2 is 2.00 bits per heavy atom. The highest BCUT2D eigenvalue weighted by Gasteiger charge is 2.09. The number of carbonyl (C=O) groups excluding carboxylic acids is 2. The van der Waals surface area contributed by atoms with Gasteiger partial charge in [0.2, 0.25) is 0 Å². The third-order valence-electron chi connectivity index (χ3n) is 2.53. The molecule has 0 aliphatic rings. The number of hydrogen-bond acceptors (Lipinski definition) is 4. The van der Waals surface area contributed by atoms with Crippen molar-refractivity contribution in [2.45, 2.75) is 0 Å². The lowest BCUT2D eigenvalue weighted by molar-refractivity contribution is 0.0600. The molecule has 0 fully saturated rings. The second-order valence-corrected chi connectivity index (χ2v) is 4.28. The molecule has 1 heterocycles. The summed E-state index contributed by atoms with van der Waals surface area (Å²) in [6.45, 7) is 0. The minimum Gasteiger partial charge on any atom is -0.465 e. The van der Waals surface area contributed by atoms with E-state index in [1.54, 1.807) is 24.3 Å². The number of ether oxygens (including phenoxy) is 1. The summed E-state index contributed by atoms with van der Waals surface area (Å²) >= 11 is 5.73. The first-order valence-corrected chi connectivity index (χ1v) is 6.09. The van der Waals surface area contributed by atoms with Crippen LogP contribution in [0.5, 0.6) is 0 Å². The van der Waals surface area contributed by atoms with Gasteiger partial charge in [0.05, 0.1) is 12.7 Å². The van der Waals surface area contributed by atoms with E-state index in [9.17, 15) is 9.59 Å². The SMILES string of the molecule is COC(=O)c1cccc(NC(=O)c2ccnc(Cl)c2)c1. The number of amides is 1. The van der Waals surface area contributed by atoms with Gasteiger partial charge in [-0.3, -0.25) is 4.79 Å². The molecule has 1 N–H and O–H groups in total. The number of nitrogens with zero attached hydrogens (tertiary/aromatic N) is 1. The van der Waals surface area contributed by atoms with Gasteiger partial charge >= 0.3 is 5.97 Å². The number of halogens is 1. The van der Waals surface area contributed by atoms with Gasteiger partial charge in [0.15, 0.2) is 0 Å². The molecule has 0 saturated carbocycles. The first-order chi connectivity index (χ1) is 9.60. The number of rotatable bonds is 3. The van der Waals surface area contributed by atoms with Crippen molar-refractivity contribution in [1.82, 2.24) is 4.98 Å². The Morgan fingerprint density at radius 3 is 2.70 bits per heavy atom. The fourth-order valence-electron chi connectivity index (χ4n) is 1.59. The van der Waals surface area contributed by atoms with Crippen molar-refractivity contribution in [3.05, 3.63) is 58.9 Å². The third-order valence-corrected chi connectivity index (χ3v) is 2.74. The van der Waals surface area contributed by atoms with E-state index in [-0.39, 0.29) is 11.1 Å². The highest BCUT2D eigenvalue weighted by molar-refractivity contribution is 6.29. The van der Waals surface area contributed by atoms with Gasteiger partial charge in [-0.05, 0) is 30.3 Å². The minimum absolute atomic E-state index is 0.237. The van der Waals surface area contributed by atoms with Crippen LogP contribution in [0.2, 0.25) is 5.15 Å². The van der Waals surface area contributed by atoms with Gasteiger partial charge in [-0.25, -0.2) is 9.78 Å². The predicted octanol–water partition coefficient (Wildman–Crippen LogP) is 2.77. The van der Waals surface area contributed by atoms with E-state index in [0.717, 1.165) is 0 Å². The van der Waals surface area contributed by atoms with Gasteiger partial charge in [-0.1, -0.05) is 17.7 Å². The molecule has 102 valence electrons. The summed E-state index contributed by atoms with van der Waals surface area (Å²) in [5.74, 6) is -0.802. The number of esters is 1. The van der Waals surface area contributed by atoms with Crippen molar-refractivity contribution < 1.29 is 14.3 Å². The van der Waals surface area contributed by atoms with Crippen LogP contribution in [0.3, 0.4) is 0 Å². The zero-order chi connectivity index (χ0) is 14.5. The van der Waals surface area contributed by atoms with Crippen molar-refractivity contribution >= 4 is 29.2 Å². The van der Waals surface area contributed by atoms with Gasteiger partial charge in [0.25, 0.3) is 5.91 Å². The highest BCUT2D eigenvalue weighted by Crippen LogP contribution is 2.14. The summed E-state index contributed by atoms with van der Waals surface area (Å²) in [6, 6.07) is 9.47. The maximum Gasteiger partial charge on any atom is 0.337 e. The zero-order valence-corrected chi connectivity index (χ0v) is 11.3. The molecule has 1 aromatic carbocycles. The molecule has 0 atom stereocenters. The number of nitrogens with one attached hydrogen (secondary N) is 1. The van der Waals surface area contributed by atoms with Gasteiger partial charge in [0.1, 0.15) is 5.15 Å². The van der Waals surface area contributed by atoms with E-state index in [1.165, 1.54) is 25.4 Å². The molecule has 2 aromatic rings. The maximum atomic E-state index is 12.0. The second-order valence-electron chi connectivity index (χ2n) is 3.89. The summed E-state index contributed by atoms with van der Waals surface area (Å²) < 4.78 is 4.62. The summed E-state index contributed by atoms with van der Waals surface area (Å²) in [5, 5.41) is 2.91. The molecule has 0 aliphatic carbocycles. The molecule has 1 aromatic heterocycles. The van der Waals surface area contributed by atoms with Crippen LogP contribution in [0.25, 0.3) is 0 Å². The summed E-state index contributed by atoms with van der Waals surface area (Å²) in [4.78, 5) is 27.2. The van der Waals surface area contributed by atoms with Crippen molar-refractivity contribution in [2.75, 3.05) is 12.4 Å². The third kappa shape index (κ3) is 3.33. The molecule has 6 heteroatoms. The fraction of sp³-hybridized carbons (Fsp3) is 0.0714. The molecule has 1 amide bonds. The Balaban J connectivity index is 2.18. The van der Waals surface area contributed by atoms with Gasteiger partial charge < -0.3 is 10.1 Å². The van der Waals surface area contributed by atoms with Gasteiger partial charge in [-0.2, -0.15) is 0 Å². The zero-order valence-electron chi connectivity index (χ0n) is 10.6. The lowest BCUT2D eigenvalue weighted by Crippen LogP contribution is -2.12. The summed E-state index contributed by atoms with van der Waals surface area (Å²) in [6.07, 6.45) is 1.45. The Hall–Kier alpha value is -2.40. The van der Waals surface area contributed by atoms with Crippen LogP contribution in [0.4, 0.5) is 5.69 Å². The summed E-state index contributed by atoms with van der Waals surface area (Å²) in [5.41, 5.74) is 1.23. The maximum absolute atomic E-state index is 12.0. The molecule has 0 radical (unpaired) electrons. The van der Waals surface area contributed by atoms with Crippen LogP contribution in [0.15, 0.2) is 42.6 Å². The second kappa shape index (κ2) is 6.16. The molecule has 0 bridgehead atoms. The number of carbonyl (C=O) groups is 2. The van der Waals surface area contributed by atoms with Gasteiger partial charge in [0, 0.05) is 17.4 Å². The molecule has 0 unspecified atom stereocenters. The number of pyridine rings is 1. The average molecular weight is 291 g/mol. The quantitative estimate of drug-likeness (QED) is 0.697. The molecule has 0 saturated heterocycles. The Bertz CT molecular complexity index is 658. The highest BCUT2D eigenvalue weighted by atomic mass is 35.5. The van der Waals surface area contributed by atoms with E-state index in [0.29, 0.717) is 16.8 Å². The van der Waals surface area contributed by atoms with Crippen LogP contribution in [0, 0.1) is 0 Å². The molecule has 20 heavy (non-hydrogen) atoms. The van der Waals surface area contributed by atoms with Gasteiger partial charge in [-0.15, -0.1) is 0 Å². The predicted molar refractivity (Wildman–Crippen MR) is 75.0 cm³/mol. The van der Waals surface area contributed by atoms with Crippen LogP contribution in [-0.2, 0) is 4.74 Å². The number of methoxy groups -OCH3 is 1. The number of benzene rings is 1. The molecule has 2 rings (SSSR count). The Morgan fingerprint density at radius 1 is 1.20 bits per heavy atom. The summed E-state index contributed by atoms with van der Waals surface area (Å²) in [7, 11) is 1.30. The smallest absolute Gasteiger partial charge is 0.337 e. The Kier molecular flexibility index (Phi) is 4.32. The van der Waals surface area contributed by atoms with E-state index >= 15 is 0 Å². The topological polar surface area (TPSA) is 68.3 Å². The van der Waals surface area contributed by atoms with Crippen molar-refractivity contribution in [3.63, 3.8) is 0 Å². The van der Waals surface area contributed by atoms with Crippen molar-refractivity contribution in [2.24, 2.45) is 0 Å². The van der Waals surface area contributed by atoms with E-state index in [4.69, 9.17) is 11.6 Å². The number of aromatic nitrogens is 1. The number of anilines is 1. The average Bonchev–Trinajstić information content (AvgIpc) is 2.46. The lowest BCUT2D eigenvalue weighted by Gasteiger charge is -2.06. The standard InChI is InChI=1S/C14H11ClN2O3/c1-20-14(19)10-3-2-4-11(7-10)17-13(18)9-5-6-16-12(15)8-9/h2-8H,1H3,(H,17,18). The molecule has 0 spiro atoms. The van der Waals surface area contributed by atoms with Crippen molar-refractivity contribution in [1.29, 1.82) is 0 Å². The monoisotopic (exact) mass is 290 g/mol. The molecular formula is C14H11ClN2O3. The number of hydrogen-bond donors (Lipinski definition) is 1. The fourth-order valence-corrected chi connectivity index (χ4v) is 1.76. The van der Waals surface area contributed by atoms with Crippen LogP contribution in [0.1, 0.15) is 20.7 Å². The first kappa shape index (κ1) is 14.0. The molecular weight excluding hydrogens is 280 g/mol. The largest absolute Gasteiger partial charge is 0.465 e. The normalized spacial score (nSPS) is 9.90. The molecule has 5 nitrogen and oxygen atoms in total. The lowest BCUT2D eigenvalue weighted by atomic mass is 10.2. The van der Waals surface area contributed by atoms with Crippen LogP contribution >= 0.6 is 11.6 Å².